The van der Waals surface area contributed by atoms with Crippen LogP contribution in [0.25, 0.3) is 0 Å². The van der Waals surface area contributed by atoms with Crippen molar-refractivity contribution in [3.63, 3.8) is 0 Å². The van der Waals surface area contributed by atoms with Gasteiger partial charge in [0.2, 0.25) is 17.6 Å². The van der Waals surface area contributed by atoms with E-state index in [0.29, 0.717) is 6.42 Å². The molecule has 0 spiro atoms. The molecule has 12 nitrogen and oxygen atoms in total. The zero-order chi connectivity index (χ0) is 36.9. The second-order valence-electron chi connectivity index (χ2n) is 16.5. The molecule has 3 rings (SSSR count). The number of halogens is 3. The highest BCUT2D eigenvalue weighted by atomic mass is 32.2. The first-order chi connectivity index (χ1) is 21.6. The number of ketones is 2. The van der Waals surface area contributed by atoms with Crippen LogP contribution in [0.1, 0.15) is 88.0 Å². The normalized spacial score (nSPS) is 24.5. The average molecular weight is 708 g/mol. The molecule has 3 fully saturated rings. The van der Waals surface area contributed by atoms with E-state index >= 15 is 0 Å². The molecule has 6 atom stereocenters. The number of likely N-dealkylation sites (N-methyl/N-ethyl adjacent to an activating group) is 1. The van der Waals surface area contributed by atoms with Gasteiger partial charge in [0.25, 0.3) is 0 Å². The second-order valence-corrected chi connectivity index (χ2v) is 18.5. The number of likely N-dealkylation sites (tertiary alicyclic amines) is 1. The number of carbonyl (C=O) groups is 5. The van der Waals surface area contributed by atoms with Crippen LogP contribution >= 0.6 is 0 Å². The van der Waals surface area contributed by atoms with Crippen LogP contribution in [-0.4, -0.2) is 96.8 Å². The first-order valence-corrected chi connectivity index (χ1v) is 17.8. The van der Waals surface area contributed by atoms with Crippen molar-refractivity contribution in [3.8, 4) is 0 Å². The van der Waals surface area contributed by atoms with Gasteiger partial charge in [0.15, 0.2) is 5.78 Å². The van der Waals surface area contributed by atoms with E-state index in [1.165, 1.54) is 4.90 Å². The second kappa shape index (κ2) is 13.5. The fraction of sp³-hybridized carbons (Fsp3) is 0.844. The number of Topliss-reactive ketones (excluding diaryl/α,β-unsaturated/α-hetero) is 2. The molecule has 0 bridgehead atoms. The maximum absolute atomic E-state index is 14.3. The van der Waals surface area contributed by atoms with Crippen LogP contribution in [0.3, 0.4) is 0 Å². The number of carbonyl (C=O) groups excluding carboxylic acids is 5. The van der Waals surface area contributed by atoms with Gasteiger partial charge in [-0.05, 0) is 40.4 Å². The van der Waals surface area contributed by atoms with Crippen LogP contribution in [-0.2, 0) is 29.2 Å². The summed E-state index contributed by atoms with van der Waals surface area (Å²) >= 11 is 0. The van der Waals surface area contributed by atoms with Gasteiger partial charge in [0, 0.05) is 33.1 Å². The smallest absolute Gasteiger partial charge is 0.344 e. The first-order valence-electron chi connectivity index (χ1n) is 16.4. The summed E-state index contributed by atoms with van der Waals surface area (Å²) in [5.74, 6) is -2.48. The molecule has 1 unspecified atom stereocenters. The summed E-state index contributed by atoms with van der Waals surface area (Å²) in [6, 6.07) is -5.16. The van der Waals surface area contributed by atoms with Crippen molar-refractivity contribution in [1.29, 1.82) is 0 Å². The summed E-state index contributed by atoms with van der Waals surface area (Å²) in [5.41, 5.74) is -7.59. The van der Waals surface area contributed by atoms with Crippen LogP contribution in [0.2, 0.25) is 0 Å². The maximum Gasteiger partial charge on any atom is 0.511 e. The van der Waals surface area contributed by atoms with Gasteiger partial charge in [-0.2, -0.15) is 17.5 Å². The quantitative estimate of drug-likeness (QED) is 0.263. The molecule has 2 aliphatic carbocycles. The van der Waals surface area contributed by atoms with Crippen molar-refractivity contribution in [2.45, 2.75) is 118 Å². The largest absolute Gasteiger partial charge is 0.511 e. The zero-order valence-corrected chi connectivity index (χ0v) is 30.4. The Bertz CT molecular complexity index is 1400. The fourth-order valence-corrected chi connectivity index (χ4v) is 7.52. The van der Waals surface area contributed by atoms with E-state index in [9.17, 15) is 45.6 Å². The van der Waals surface area contributed by atoms with E-state index in [2.05, 4.69) is 16.0 Å². The third-order valence-corrected chi connectivity index (χ3v) is 12.0. The van der Waals surface area contributed by atoms with Gasteiger partial charge in [-0.1, -0.05) is 74.7 Å². The van der Waals surface area contributed by atoms with Gasteiger partial charge < -0.3 is 20.9 Å². The third-order valence-electron chi connectivity index (χ3n) is 10.4. The minimum absolute atomic E-state index is 0.0170. The molecule has 1 saturated heterocycles. The Morgan fingerprint density at radius 3 is 1.94 bits per heavy atom. The Morgan fingerprint density at radius 1 is 0.938 bits per heavy atom. The Morgan fingerprint density at radius 2 is 1.50 bits per heavy atom. The summed E-state index contributed by atoms with van der Waals surface area (Å²) in [6.07, 6.45) is 3.14. The van der Waals surface area contributed by atoms with Gasteiger partial charge in [0.05, 0.1) is 6.04 Å². The summed E-state index contributed by atoms with van der Waals surface area (Å²) in [4.78, 5) is 67.8. The number of fused-ring (bicyclic) bond motifs is 1. The molecule has 1 aliphatic heterocycles. The maximum atomic E-state index is 14.3. The molecule has 3 N–H and O–H groups in total. The minimum Gasteiger partial charge on any atom is -0.344 e. The van der Waals surface area contributed by atoms with Crippen LogP contribution in [0.4, 0.5) is 18.0 Å². The summed E-state index contributed by atoms with van der Waals surface area (Å²) in [5, 5.41) is 7.99. The van der Waals surface area contributed by atoms with Crippen LogP contribution in [0.15, 0.2) is 0 Å². The molecule has 16 heteroatoms. The average Bonchev–Trinajstić information content (AvgIpc) is 3.22. The monoisotopic (exact) mass is 707 g/mol. The summed E-state index contributed by atoms with van der Waals surface area (Å²) in [6.45, 7) is 14.7. The van der Waals surface area contributed by atoms with Crippen molar-refractivity contribution >= 4 is 39.4 Å². The lowest BCUT2D eigenvalue weighted by Gasteiger charge is -2.39. The number of nitrogens with zero attached hydrogens (tertiary/aromatic N) is 2. The Hall–Kier alpha value is -2.75. The van der Waals surface area contributed by atoms with Crippen LogP contribution in [0, 0.1) is 34.0 Å². The van der Waals surface area contributed by atoms with Crippen molar-refractivity contribution in [3.05, 3.63) is 0 Å². The third kappa shape index (κ3) is 8.33. The van der Waals surface area contributed by atoms with Crippen molar-refractivity contribution in [2.75, 3.05) is 20.1 Å². The number of alkyl halides is 3. The van der Waals surface area contributed by atoms with E-state index < -0.39 is 86.5 Å². The zero-order valence-electron chi connectivity index (χ0n) is 29.6. The van der Waals surface area contributed by atoms with E-state index in [1.54, 1.807) is 41.5 Å². The Kier molecular flexibility index (Phi) is 11.2. The van der Waals surface area contributed by atoms with Gasteiger partial charge in [0.1, 0.15) is 12.1 Å². The molecular formula is C32H52F3N5O7S. The first kappa shape index (κ1) is 39.7. The fourth-order valence-electron chi connectivity index (χ4n) is 6.82. The van der Waals surface area contributed by atoms with Crippen molar-refractivity contribution < 1.29 is 45.6 Å². The SMILES string of the molecule is CC(=O)C(=O)C(CC1CCC1)NC(=O)[C@@H]1[C@@H]2[C@H](CN1C(=O)[C@@H](NC(=O)N[C@H](CN(C)S(=O)(=O)C(F)(F)F)C(C)(C)C)C(C)(C)C)C2(C)C. The van der Waals surface area contributed by atoms with E-state index in [0.717, 1.165) is 33.2 Å². The Balaban J connectivity index is 1.84. The molecule has 0 aromatic rings. The Labute approximate surface area is 281 Å². The highest BCUT2D eigenvalue weighted by Gasteiger charge is 2.70. The lowest BCUT2D eigenvalue weighted by atomic mass is 9.79. The summed E-state index contributed by atoms with van der Waals surface area (Å²) in [7, 11) is -4.89. The molecule has 1 heterocycles. The molecule has 0 aromatic carbocycles. The number of hydrogen-bond donors (Lipinski definition) is 3. The highest BCUT2D eigenvalue weighted by molar-refractivity contribution is 7.89. The molecule has 48 heavy (non-hydrogen) atoms. The molecule has 0 aromatic heterocycles. The predicted octanol–water partition coefficient (Wildman–Crippen LogP) is 3.21. The number of nitrogens with one attached hydrogen (secondary N) is 3. The molecule has 2 saturated carbocycles. The van der Waals surface area contributed by atoms with E-state index in [1.807, 2.05) is 13.8 Å². The van der Waals surface area contributed by atoms with Gasteiger partial charge in [-0.15, -0.1) is 0 Å². The van der Waals surface area contributed by atoms with Crippen LogP contribution < -0.4 is 16.0 Å². The van der Waals surface area contributed by atoms with Crippen LogP contribution in [0.5, 0.6) is 0 Å². The number of urea groups is 1. The van der Waals surface area contributed by atoms with Crippen molar-refractivity contribution in [1.82, 2.24) is 25.2 Å². The lowest BCUT2D eigenvalue weighted by molar-refractivity contribution is -0.145. The number of sulfonamides is 1. The lowest BCUT2D eigenvalue weighted by Crippen LogP contribution is -2.62. The standard InChI is InChI=1S/C32H52F3N5O7S/c1-17(41)24(42)20(14-18-12-11-13-18)36-26(43)23-22-19(31(22,8)9)15-40(23)27(44)25(30(5,6)7)38-28(45)37-21(29(2,3)4)16-39(10)48(46,47)32(33,34)35/h18-23,25H,11-16H2,1-10H3,(H,36,43)(H2,37,38,45)/t19-,20?,21+,22-,23-,25+/m0/s1. The number of amides is 4. The minimum atomic E-state index is -5.66. The molecule has 4 amide bonds. The molecule has 3 aliphatic rings. The topological polar surface area (TPSA) is 162 Å². The number of piperidine rings is 1. The molecule has 0 radical (unpaired) electrons. The van der Waals surface area contributed by atoms with Gasteiger partial charge >= 0.3 is 21.6 Å². The van der Waals surface area contributed by atoms with Gasteiger partial charge in [-0.3, -0.25) is 19.2 Å². The molecular weight excluding hydrogens is 655 g/mol. The number of rotatable bonds is 12. The molecule has 274 valence electrons. The predicted molar refractivity (Wildman–Crippen MR) is 172 cm³/mol. The van der Waals surface area contributed by atoms with E-state index in [-0.39, 0.29) is 34.0 Å². The summed E-state index contributed by atoms with van der Waals surface area (Å²) < 4.78 is 63.6. The van der Waals surface area contributed by atoms with Gasteiger partial charge in [-0.25, -0.2) is 13.2 Å². The van der Waals surface area contributed by atoms with Crippen molar-refractivity contribution in [2.24, 2.45) is 34.0 Å². The van der Waals surface area contributed by atoms with E-state index in [4.69, 9.17) is 0 Å². The number of hydrogen-bond acceptors (Lipinski definition) is 7. The highest BCUT2D eigenvalue weighted by Crippen LogP contribution is 2.65.